The van der Waals surface area contributed by atoms with Gasteiger partial charge >= 0.3 is 0 Å². The molecule has 2 amide bonds. The molecule has 112 valence electrons. The summed E-state index contributed by atoms with van der Waals surface area (Å²) in [7, 11) is 0. The lowest BCUT2D eigenvalue weighted by atomic mass is 9.99. The molecule has 1 N–H and O–H groups in total. The minimum Gasteiger partial charge on any atom is -0.342 e. The lowest BCUT2D eigenvalue weighted by molar-refractivity contribution is -0.132. The number of amides is 2. The second-order valence-electron chi connectivity index (χ2n) is 5.93. The van der Waals surface area contributed by atoms with Gasteiger partial charge in [0.1, 0.15) is 0 Å². The zero-order valence-electron chi connectivity index (χ0n) is 12.2. The Balaban J connectivity index is 1.68. The van der Waals surface area contributed by atoms with Gasteiger partial charge in [0.05, 0.1) is 17.9 Å². The lowest BCUT2D eigenvalue weighted by Gasteiger charge is -2.31. The molecule has 0 saturated carbocycles. The van der Waals surface area contributed by atoms with Crippen molar-refractivity contribution < 1.29 is 9.59 Å². The number of piperidine rings is 1. The number of carbonyl (C=O) groups is 2. The van der Waals surface area contributed by atoms with Gasteiger partial charge in [-0.3, -0.25) is 9.59 Å². The van der Waals surface area contributed by atoms with Gasteiger partial charge in [-0.25, -0.2) is 0 Å². The van der Waals surface area contributed by atoms with Crippen LogP contribution in [0.25, 0.3) is 0 Å². The number of nitrogens with zero attached hydrogens (tertiary/aromatic N) is 1. The first kappa shape index (κ1) is 14.4. The largest absolute Gasteiger partial charge is 0.342 e. The minimum absolute atomic E-state index is 0.0285. The fourth-order valence-corrected chi connectivity index (χ4v) is 3.73. The van der Waals surface area contributed by atoms with Crippen LogP contribution in [0.4, 0.5) is 5.69 Å². The molecule has 1 fully saturated rings. The monoisotopic (exact) mass is 304 g/mol. The van der Waals surface area contributed by atoms with Crippen LogP contribution in [0.1, 0.15) is 25.3 Å². The number of hydrogen-bond acceptors (Lipinski definition) is 3. The summed E-state index contributed by atoms with van der Waals surface area (Å²) >= 11 is 1.55. The maximum absolute atomic E-state index is 12.4. The number of likely N-dealkylation sites (tertiary alicyclic amines) is 1. The second kappa shape index (κ2) is 6.10. The van der Waals surface area contributed by atoms with Gasteiger partial charge in [-0.2, -0.15) is 0 Å². The Hall–Kier alpha value is -1.49. The molecule has 2 aliphatic heterocycles. The van der Waals surface area contributed by atoms with Crippen molar-refractivity contribution in [3.05, 3.63) is 23.8 Å². The SMILES string of the molecule is CC1CCCN(C(=O)Cc2ccc3c(c2)NC(=O)CS3)C1. The third-order valence-electron chi connectivity index (χ3n) is 4.04. The van der Waals surface area contributed by atoms with Crippen LogP contribution in [0.3, 0.4) is 0 Å². The van der Waals surface area contributed by atoms with Crippen molar-refractivity contribution in [2.45, 2.75) is 31.1 Å². The molecule has 0 bridgehead atoms. The van der Waals surface area contributed by atoms with E-state index in [1.807, 2.05) is 23.1 Å². The van der Waals surface area contributed by atoms with Crippen LogP contribution in [0.15, 0.2) is 23.1 Å². The van der Waals surface area contributed by atoms with Crippen molar-refractivity contribution in [1.82, 2.24) is 4.90 Å². The molecular formula is C16H20N2O2S. The van der Waals surface area contributed by atoms with Crippen LogP contribution in [-0.2, 0) is 16.0 Å². The summed E-state index contributed by atoms with van der Waals surface area (Å²) in [5.41, 5.74) is 1.81. The van der Waals surface area contributed by atoms with Crippen LogP contribution in [-0.4, -0.2) is 35.6 Å². The van der Waals surface area contributed by atoms with Gasteiger partial charge < -0.3 is 10.2 Å². The summed E-state index contributed by atoms with van der Waals surface area (Å²) in [6.07, 6.45) is 2.73. The highest BCUT2D eigenvalue weighted by Gasteiger charge is 2.22. The summed E-state index contributed by atoms with van der Waals surface area (Å²) in [5, 5.41) is 2.88. The molecule has 0 aromatic heterocycles. The van der Waals surface area contributed by atoms with E-state index in [4.69, 9.17) is 0 Å². The third kappa shape index (κ3) is 3.40. The normalized spacial score (nSPS) is 21.7. The Labute approximate surface area is 129 Å². The van der Waals surface area contributed by atoms with E-state index in [2.05, 4.69) is 12.2 Å². The Morgan fingerprint density at radius 1 is 1.48 bits per heavy atom. The van der Waals surface area contributed by atoms with E-state index >= 15 is 0 Å². The van der Waals surface area contributed by atoms with Gasteiger partial charge in [0.15, 0.2) is 0 Å². The van der Waals surface area contributed by atoms with E-state index in [-0.39, 0.29) is 11.8 Å². The van der Waals surface area contributed by atoms with Crippen LogP contribution < -0.4 is 5.32 Å². The molecule has 1 unspecified atom stereocenters. The summed E-state index contributed by atoms with van der Waals surface area (Å²) in [6, 6.07) is 5.93. The standard InChI is InChI=1S/C16H20N2O2S/c1-11-3-2-6-18(9-11)16(20)8-12-4-5-14-13(7-12)17-15(19)10-21-14/h4-5,7,11H,2-3,6,8-10H2,1H3,(H,17,19). The molecule has 0 radical (unpaired) electrons. The zero-order valence-corrected chi connectivity index (χ0v) is 13.0. The summed E-state index contributed by atoms with van der Waals surface area (Å²) in [4.78, 5) is 26.9. The molecule has 2 aliphatic rings. The molecular weight excluding hydrogens is 284 g/mol. The topological polar surface area (TPSA) is 49.4 Å². The number of nitrogens with one attached hydrogen (secondary N) is 1. The summed E-state index contributed by atoms with van der Waals surface area (Å²) in [5.74, 6) is 1.29. The molecule has 0 aliphatic carbocycles. The predicted octanol–water partition coefficient (Wildman–Crippen LogP) is 2.53. The molecule has 5 heteroatoms. The average Bonchev–Trinajstić information content (AvgIpc) is 2.46. The van der Waals surface area contributed by atoms with Crippen molar-refractivity contribution in [3.8, 4) is 0 Å². The van der Waals surface area contributed by atoms with Gasteiger partial charge in [0, 0.05) is 18.0 Å². The molecule has 1 atom stereocenters. The number of carbonyl (C=O) groups excluding carboxylic acids is 2. The number of rotatable bonds is 2. The van der Waals surface area contributed by atoms with Gasteiger partial charge in [-0.1, -0.05) is 13.0 Å². The first-order valence-corrected chi connectivity index (χ1v) is 8.44. The maximum atomic E-state index is 12.4. The first-order chi connectivity index (χ1) is 10.1. The molecule has 1 aromatic rings. The number of thioether (sulfide) groups is 1. The summed E-state index contributed by atoms with van der Waals surface area (Å²) < 4.78 is 0. The Morgan fingerprint density at radius 2 is 2.33 bits per heavy atom. The van der Waals surface area contributed by atoms with Crippen molar-refractivity contribution in [2.75, 3.05) is 24.2 Å². The Morgan fingerprint density at radius 3 is 3.14 bits per heavy atom. The quantitative estimate of drug-likeness (QED) is 0.913. The van der Waals surface area contributed by atoms with Gasteiger partial charge in [0.2, 0.25) is 11.8 Å². The van der Waals surface area contributed by atoms with Gasteiger partial charge in [0.25, 0.3) is 0 Å². The Bertz CT molecular complexity index is 573. The van der Waals surface area contributed by atoms with E-state index in [0.717, 1.165) is 35.7 Å². The molecule has 2 heterocycles. The highest BCUT2D eigenvalue weighted by Crippen LogP contribution is 2.32. The van der Waals surface area contributed by atoms with E-state index < -0.39 is 0 Å². The van der Waals surface area contributed by atoms with Gasteiger partial charge in [-0.15, -0.1) is 11.8 Å². The van der Waals surface area contributed by atoms with E-state index in [0.29, 0.717) is 18.1 Å². The zero-order chi connectivity index (χ0) is 14.8. The van der Waals surface area contributed by atoms with E-state index in [1.165, 1.54) is 6.42 Å². The Kier molecular flexibility index (Phi) is 4.19. The average molecular weight is 304 g/mol. The number of anilines is 1. The van der Waals surface area contributed by atoms with Crippen molar-refractivity contribution in [1.29, 1.82) is 0 Å². The number of benzene rings is 1. The number of fused-ring (bicyclic) bond motifs is 1. The predicted molar refractivity (Wildman–Crippen MR) is 84.5 cm³/mol. The van der Waals surface area contributed by atoms with E-state index in [9.17, 15) is 9.59 Å². The maximum Gasteiger partial charge on any atom is 0.234 e. The highest BCUT2D eigenvalue weighted by molar-refractivity contribution is 8.00. The molecule has 0 spiro atoms. The third-order valence-corrected chi connectivity index (χ3v) is 5.12. The van der Waals surface area contributed by atoms with Crippen molar-refractivity contribution in [3.63, 3.8) is 0 Å². The molecule has 1 saturated heterocycles. The lowest BCUT2D eigenvalue weighted by Crippen LogP contribution is -2.39. The van der Waals surface area contributed by atoms with Crippen LogP contribution in [0.5, 0.6) is 0 Å². The van der Waals surface area contributed by atoms with Gasteiger partial charge in [-0.05, 0) is 36.5 Å². The van der Waals surface area contributed by atoms with Crippen LogP contribution in [0.2, 0.25) is 0 Å². The smallest absolute Gasteiger partial charge is 0.234 e. The second-order valence-corrected chi connectivity index (χ2v) is 6.95. The van der Waals surface area contributed by atoms with Crippen LogP contribution >= 0.6 is 11.8 Å². The summed E-state index contributed by atoms with van der Waals surface area (Å²) in [6.45, 7) is 3.95. The van der Waals surface area contributed by atoms with E-state index in [1.54, 1.807) is 11.8 Å². The molecule has 1 aromatic carbocycles. The van der Waals surface area contributed by atoms with Crippen molar-refractivity contribution in [2.24, 2.45) is 5.92 Å². The van der Waals surface area contributed by atoms with Crippen molar-refractivity contribution >= 4 is 29.3 Å². The minimum atomic E-state index is 0.0285. The fourth-order valence-electron chi connectivity index (χ4n) is 2.94. The molecule has 3 rings (SSSR count). The number of hydrogen-bond donors (Lipinski definition) is 1. The fraction of sp³-hybridized carbons (Fsp3) is 0.500. The molecule has 21 heavy (non-hydrogen) atoms. The van der Waals surface area contributed by atoms with Crippen LogP contribution in [0, 0.1) is 5.92 Å². The first-order valence-electron chi connectivity index (χ1n) is 7.45. The highest BCUT2D eigenvalue weighted by atomic mass is 32.2. The molecule has 4 nitrogen and oxygen atoms in total.